The highest BCUT2D eigenvalue weighted by Crippen LogP contribution is 2.23. The van der Waals surface area contributed by atoms with Crippen LogP contribution in [0.1, 0.15) is 17.4 Å². The van der Waals surface area contributed by atoms with Crippen molar-refractivity contribution in [3.8, 4) is 0 Å². The molecule has 6 heteroatoms. The molecule has 1 aromatic heterocycles. The van der Waals surface area contributed by atoms with E-state index >= 15 is 0 Å². The molecule has 0 aliphatic carbocycles. The van der Waals surface area contributed by atoms with Gasteiger partial charge >= 0.3 is 0 Å². The van der Waals surface area contributed by atoms with Gasteiger partial charge in [0.15, 0.2) is 5.13 Å². The van der Waals surface area contributed by atoms with E-state index in [9.17, 15) is 9.18 Å². The second-order valence-electron chi connectivity index (χ2n) is 5.63. The number of hydrogen-bond donors (Lipinski definition) is 2. The van der Waals surface area contributed by atoms with Crippen molar-refractivity contribution in [2.45, 2.75) is 13.3 Å². The number of carbonyl (C=O) groups excluding carboxylic acids is 1. The smallest absolute Gasteiger partial charge is 0.229 e. The van der Waals surface area contributed by atoms with E-state index in [0.29, 0.717) is 17.5 Å². The van der Waals surface area contributed by atoms with Crippen molar-refractivity contribution in [1.82, 2.24) is 10.3 Å². The fourth-order valence-corrected chi connectivity index (χ4v) is 3.24. The minimum Gasteiger partial charge on any atom is -0.316 e. The normalized spacial score (nSPS) is 16.1. The van der Waals surface area contributed by atoms with Gasteiger partial charge in [0.25, 0.3) is 0 Å². The molecule has 2 aromatic rings. The maximum atomic E-state index is 13.2. The van der Waals surface area contributed by atoms with Gasteiger partial charge in [-0.25, -0.2) is 9.37 Å². The number of halogens is 1. The number of carbonyl (C=O) groups is 1. The highest BCUT2D eigenvalue weighted by atomic mass is 32.1. The maximum absolute atomic E-state index is 13.2. The summed E-state index contributed by atoms with van der Waals surface area (Å²) in [4.78, 5) is 17.4. The lowest BCUT2D eigenvalue weighted by molar-refractivity contribution is -0.121. The van der Waals surface area contributed by atoms with Gasteiger partial charge in [0.05, 0.1) is 0 Å². The first-order valence-electron chi connectivity index (χ1n) is 7.32. The number of amides is 1. The topological polar surface area (TPSA) is 54.0 Å². The molecule has 1 amide bonds. The fraction of sp³-hybridized carbons (Fsp3) is 0.375. The second-order valence-corrected chi connectivity index (χ2v) is 6.75. The van der Waals surface area contributed by atoms with Crippen molar-refractivity contribution in [2.24, 2.45) is 11.8 Å². The highest BCUT2D eigenvalue weighted by Gasteiger charge is 2.29. The standard InChI is InChI=1S/C16H18FN3OS/c1-10(12-7-18-8-12)15(21)20-16-19-9-14(22-16)6-11-3-2-4-13(17)5-11/h2-5,9-10,12,18H,6-8H2,1H3,(H,19,20,21). The molecule has 0 saturated carbocycles. The molecule has 116 valence electrons. The molecule has 0 radical (unpaired) electrons. The Bertz CT molecular complexity index is 669. The molecule has 2 heterocycles. The Morgan fingerprint density at radius 1 is 1.55 bits per heavy atom. The summed E-state index contributed by atoms with van der Waals surface area (Å²) in [6.45, 7) is 3.75. The molecule has 0 bridgehead atoms. The third kappa shape index (κ3) is 3.51. The summed E-state index contributed by atoms with van der Waals surface area (Å²) >= 11 is 1.44. The van der Waals surface area contributed by atoms with E-state index in [1.165, 1.54) is 23.5 Å². The van der Waals surface area contributed by atoms with Crippen molar-refractivity contribution in [3.05, 3.63) is 46.7 Å². The number of nitrogens with zero attached hydrogens (tertiary/aromatic N) is 1. The minimum atomic E-state index is -0.238. The van der Waals surface area contributed by atoms with Gasteiger partial charge in [0.1, 0.15) is 5.82 Å². The van der Waals surface area contributed by atoms with Crippen LogP contribution in [0.4, 0.5) is 9.52 Å². The van der Waals surface area contributed by atoms with Gasteiger partial charge in [-0.05, 0) is 36.7 Å². The molecule has 22 heavy (non-hydrogen) atoms. The first-order chi connectivity index (χ1) is 10.6. The number of nitrogens with one attached hydrogen (secondary N) is 2. The zero-order valence-electron chi connectivity index (χ0n) is 12.3. The lowest BCUT2D eigenvalue weighted by atomic mass is 9.88. The van der Waals surface area contributed by atoms with Crippen molar-refractivity contribution in [2.75, 3.05) is 18.4 Å². The Morgan fingerprint density at radius 3 is 3.05 bits per heavy atom. The molecule has 0 spiro atoms. The summed E-state index contributed by atoms with van der Waals surface area (Å²) < 4.78 is 13.2. The van der Waals surface area contributed by atoms with Crippen molar-refractivity contribution < 1.29 is 9.18 Å². The fourth-order valence-electron chi connectivity index (χ4n) is 2.39. The summed E-state index contributed by atoms with van der Waals surface area (Å²) in [5, 5.41) is 6.66. The lowest BCUT2D eigenvalue weighted by Crippen LogP contribution is -2.48. The van der Waals surface area contributed by atoms with Crippen molar-refractivity contribution >= 4 is 22.4 Å². The predicted octanol–water partition coefficient (Wildman–Crippen LogP) is 2.67. The van der Waals surface area contributed by atoms with E-state index < -0.39 is 0 Å². The number of thiazole rings is 1. The highest BCUT2D eigenvalue weighted by molar-refractivity contribution is 7.15. The van der Waals surface area contributed by atoms with Crippen LogP contribution in [-0.4, -0.2) is 24.0 Å². The molecule has 2 N–H and O–H groups in total. The van der Waals surface area contributed by atoms with E-state index in [1.54, 1.807) is 12.3 Å². The summed E-state index contributed by atoms with van der Waals surface area (Å²) in [7, 11) is 0. The third-order valence-electron chi connectivity index (χ3n) is 3.98. The lowest BCUT2D eigenvalue weighted by Gasteiger charge is -2.31. The number of aromatic nitrogens is 1. The molecule has 4 nitrogen and oxygen atoms in total. The molecule has 1 saturated heterocycles. The number of rotatable bonds is 5. The first-order valence-corrected chi connectivity index (χ1v) is 8.14. The summed E-state index contributed by atoms with van der Waals surface area (Å²) in [5.41, 5.74) is 0.899. The molecular formula is C16H18FN3OS. The van der Waals surface area contributed by atoms with Gasteiger partial charge in [0, 0.05) is 23.4 Å². The van der Waals surface area contributed by atoms with Crippen LogP contribution < -0.4 is 10.6 Å². The van der Waals surface area contributed by atoms with Gasteiger partial charge < -0.3 is 10.6 Å². The average Bonchev–Trinajstić information content (AvgIpc) is 2.84. The predicted molar refractivity (Wildman–Crippen MR) is 85.5 cm³/mol. The van der Waals surface area contributed by atoms with Crippen LogP contribution in [0.2, 0.25) is 0 Å². The van der Waals surface area contributed by atoms with Gasteiger partial charge in [-0.1, -0.05) is 19.1 Å². The molecule has 1 unspecified atom stereocenters. The van der Waals surface area contributed by atoms with E-state index in [0.717, 1.165) is 23.5 Å². The van der Waals surface area contributed by atoms with Crippen LogP contribution in [0.3, 0.4) is 0 Å². The zero-order chi connectivity index (χ0) is 15.5. The minimum absolute atomic E-state index is 0.0122. The van der Waals surface area contributed by atoms with Crippen molar-refractivity contribution in [1.29, 1.82) is 0 Å². The number of benzene rings is 1. The second kappa shape index (κ2) is 6.54. The molecule has 1 aliphatic rings. The van der Waals surface area contributed by atoms with Crippen molar-refractivity contribution in [3.63, 3.8) is 0 Å². The molecule has 1 aliphatic heterocycles. The number of hydrogen-bond acceptors (Lipinski definition) is 4. The molecule has 1 atom stereocenters. The Balaban J connectivity index is 1.60. The van der Waals surface area contributed by atoms with Crippen LogP contribution in [0, 0.1) is 17.7 Å². The first kappa shape index (κ1) is 15.1. The van der Waals surface area contributed by atoms with Gasteiger partial charge in [0.2, 0.25) is 5.91 Å². The Morgan fingerprint density at radius 2 is 2.36 bits per heavy atom. The monoisotopic (exact) mass is 319 g/mol. The van der Waals surface area contributed by atoms with E-state index in [-0.39, 0.29) is 17.6 Å². The molecule has 3 rings (SSSR count). The zero-order valence-corrected chi connectivity index (χ0v) is 13.1. The summed E-state index contributed by atoms with van der Waals surface area (Å²) in [5.74, 6) is 0.167. The molecule has 1 fully saturated rings. The van der Waals surface area contributed by atoms with Crippen LogP contribution in [-0.2, 0) is 11.2 Å². The van der Waals surface area contributed by atoms with Crippen LogP contribution in [0.5, 0.6) is 0 Å². The van der Waals surface area contributed by atoms with E-state index in [4.69, 9.17) is 0 Å². The Kier molecular flexibility index (Phi) is 4.49. The Hall–Kier alpha value is -1.79. The van der Waals surface area contributed by atoms with Gasteiger partial charge in [-0.3, -0.25) is 4.79 Å². The van der Waals surface area contributed by atoms with E-state index in [2.05, 4.69) is 15.6 Å². The largest absolute Gasteiger partial charge is 0.316 e. The third-order valence-corrected chi connectivity index (χ3v) is 4.90. The summed E-state index contributed by atoms with van der Waals surface area (Å²) in [6.07, 6.45) is 2.36. The van der Waals surface area contributed by atoms with Gasteiger partial charge in [-0.2, -0.15) is 0 Å². The maximum Gasteiger partial charge on any atom is 0.229 e. The Labute approximate surface area is 132 Å². The van der Waals surface area contributed by atoms with Gasteiger partial charge in [-0.15, -0.1) is 11.3 Å². The molecular weight excluding hydrogens is 301 g/mol. The summed E-state index contributed by atoms with van der Waals surface area (Å²) in [6, 6.07) is 6.53. The molecule has 1 aromatic carbocycles. The quantitative estimate of drug-likeness (QED) is 0.891. The van der Waals surface area contributed by atoms with Crippen LogP contribution in [0.15, 0.2) is 30.5 Å². The van der Waals surface area contributed by atoms with Crippen LogP contribution >= 0.6 is 11.3 Å². The average molecular weight is 319 g/mol. The SMILES string of the molecule is CC(C(=O)Nc1ncc(Cc2cccc(F)c2)s1)C1CNC1. The van der Waals surface area contributed by atoms with Crippen LogP contribution in [0.25, 0.3) is 0 Å². The van der Waals surface area contributed by atoms with E-state index in [1.807, 2.05) is 13.0 Å². The number of anilines is 1.